The van der Waals surface area contributed by atoms with Gasteiger partial charge in [-0.3, -0.25) is 0 Å². The van der Waals surface area contributed by atoms with Crippen molar-refractivity contribution in [2.45, 2.75) is 6.04 Å². The van der Waals surface area contributed by atoms with Crippen molar-refractivity contribution >= 4 is 23.2 Å². The summed E-state index contributed by atoms with van der Waals surface area (Å²) in [5.74, 6) is 0. The molecule has 0 saturated heterocycles. The molecule has 0 saturated carbocycles. The quantitative estimate of drug-likeness (QED) is 0.777. The number of benzene rings is 1. The van der Waals surface area contributed by atoms with Gasteiger partial charge in [-0.15, -0.1) is 0 Å². The van der Waals surface area contributed by atoms with Crippen LogP contribution in [0.1, 0.15) is 11.6 Å². The summed E-state index contributed by atoms with van der Waals surface area (Å²) in [7, 11) is 0. The Bertz CT molecular complexity index is 278. The molecule has 66 valence electrons. The van der Waals surface area contributed by atoms with E-state index in [1.165, 1.54) is 0 Å². The number of hydrogen-bond acceptors (Lipinski definition) is 2. The number of nitrogens with two attached hydrogens (primary N) is 1. The van der Waals surface area contributed by atoms with E-state index < -0.39 is 6.04 Å². The molecule has 1 aromatic rings. The van der Waals surface area contributed by atoms with Crippen LogP contribution in [0, 0.1) is 0 Å². The molecule has 0 heterocycles. The molecule has 0 radical (unpaired) electrons. The van der Waals surface area contributed by atoms with E-state index in [9.17, 15) is 0 Å². The fourth-order valence-corrected chi connectivity index (χ4v) is 1.34. The zero-order valence-electron chi connectivity index (χ0n) is 6.30. The van der Waals surface area contributed by atoms with Crippen LogP contribution in [-0.4, -0.2) is 11.7 Å². The van der Waals surface area contributed by atoms with E-state index in [2.05, 4.69) is 0 Å². The number of aliphatic hydroxyl groups excluding tert-OH is 1. The fourth-order valence-electron chi connectivity index (χ4n) is 0.897. The van der Waals surface area contributed by atoms with Crippen LogP contribution in [0.25, 0.3) is 0 Å². The lowest BCUT2D eigenvalue weighted by atomic mass is 10.1. The third-order valence-corrected chi connectivity index (χ3v) is 2.13. The molecule has 0 bridgehead atoms. The largest absolute Gasteiger partial charge is 0.394 e. The van der Waals surface area contributed by atoms with Crippen molar-refractivity contribution in [2.24, 2.45) is 5.73 Å². The molecule has 1 aromatic carbocycles. The summed E-state index contributed by atoms with van der Waals surface area (Å²) in [4.78, 5) is 0. The highest BCUT2D eigenvalue weighted by Gasteiger charge is 2.08. The Hall–Kier alpha value is -0.280. The third-order valence-electron chi connectivity index (χ3n) is 1.55. The van der Waals surface area contributed by atoms with E-state index in [0.717, 1.165) is 0 Å². The van der Waals surface area contributed by atoms with Crippen LogP contribution in [0.15, 0.2) is 18.2 Å². The monoisotopic (exact) mass is 205 g/mol. The lowest BCUT2D eigenvalue weighted by Crippen LogP contribution is -2.14. The standard InChI is InChI=1S/C8H9Cl2NO/c9-5-1-2-7(10)6(3-5)8(11)4-12/h1-3,8,12H,4,11H2. The van der Waals surface area contributed by atoms with Gasteiger partial charge < -0.3 is 10.8 Å². The molecule has 2 nitrogen and oxygen atoms in total. The number of rotatable bonds is 2. The van der Waals surface area contributed by atoms with Crippen LogP contribution in [0.4, 0.5) is 0 Å². The SMILES string of the molecule is NC(CO)c1cc(Cl)ccc1Cl. The van der Waals surface area contributed by atoms with Crippen LogP contribution in [0.3, 0.4) is 0 Å². The van der Waals surface area contributed by atoms with Crippen LogP contribution in [-0.2, 0) is 0 Å². The van der Waals surface area contributed by atoms with Gasteiger partial charge in [0.1, 0.15) is 0 Å². The van der Waals surface area contributed by atoms with Gasteiger partial charge in [0, 0.05) is 10.0 Å². The first-order valence-corrected chi connectivity index (χ1v) is 4.22. The first-order chi connectivity index (χ1) is 5.65. The van der Waals surface area contributed by atoms with Crippen molar-refractivity contribution in [2.75, 3.05) is 6.61 Å². The van der Waals surface area contributed by atoms with Crippen LogP contribution in [0.2, 0.25) is 10.0 Å². The zero-order valence-corrected chi connectivity index (χ0v) is 7.81. The molecule has 0 aromatic heterocycles. The van der Waals surface area contributed by atoms with Gasteiger partial charge in [-0.1, -0.05) is 23.2 Å². The topological polar surface area (TPSA) is 46.2 Å². The predicted octanol–water partition coefficient (Wildman–Crippen LogP) is 1.99. The van der Waals surface area contributed by atoms with Gasteiger partial charge in [-0.2, -0.15) is 0 Å². The molecular weight excluding hydrogens is 197 g/mol. The number of hydrogen-bond donors (Lipinski definition) is 2. The second kappa shape index (κ2) is 4.10. The van der Waals surface area contributed by atoms with Crippen LogP contribution >= 0.6 is 23.2 Å². The Morgan fingerprint density at radius 2 is 2.08 bits per heavy atom. The van der Waals surface area contributed by atoms with E-state index >= 15 is 0 Å². The number of aliphatic hydroxyl groups is 1. The second-order valence-corrected chi connectivity index (χ2v) is 3.30. The first kappa shape index (κ1) is 9.81. The van der Waals surface area contributed by atoms with Gasteiger partial charge in [0.15, 0.2) is 0 Å². The molecule has 0 aliphatic heterocycles. The average Bonchev–Trinajstić information content (AvgIpc) is 2.08. The summed E-state index contributed by atoms with van der Waals surface area (Å²) in [6.07, 6.45) is 0. The summed E-state index contributed by atoms with van der Waals surface area (Å²) in [5.41, 5.74) is 6.24. The van der Waals surface area contributed by atoms with Crippen molar-refractivity contribution in [3.63, 3.8) is 0 Å². The second-order valence-electron chi connectivity index (χ2n) is 2.45. The fraction of sp³-hybridized carbons (Fsp3) is 0.250. The maximum Gasteiger partial charge on any atom is 0.0624 e. The highest BCUT2D eigenvalue weighted by Crippen LogP contribution is 2.24. The van der Waals surface area contributed by atoms with E-state index in [0.29, 0.717) is 15.6 Å². The number of halogens is 2. The van der Waals surface area contributed by atoms with E-state index in [1.54, 1.807) is 18.2 Å². The molecule has 3 N–H and O–H groups in total. The Labute approximate surface area is 80.9 Å². The summed E-state index contributed by atoms with van der Waals surface area (Å²) < 4.78 is 0. The van der Waals surface area contributed by atoms with Gasteiger partial charge in [-0.25, -0.2) is 0 Å². The van der Waals surface area contributed by atoms with Crippen molar-refractivity contribution in [1.29, 1.82) is 0 Å². The molecule has 12 heavy (non-hydrogen) atoms. The van der Waals surface area contributed by atoms with Gasteiger partial charge in [0.2, 0.25) is 0 Å². The lowest BCUT2D eigenvalue weighted by molar-refractivity contribution is 0.268. The minimum absolute atomic E-state index is 0.139. The summed E-state index contributed by atoms with van der Waals surface area (Å²) >= 11 is 11.5. The molecular formula is C8H9Cl2NO. The highest BCUT2D eigenvalue weighted by molar-refractivity contribution is 6.33. The van der Waals surface area contributed by atoms with Crippen molar-refractivity contribution in [3.8, 4) is 0 Å². The summed E-state index contributed by atoms with van der Waals surface area (Å²) in [6.45, 7) is -0.139. The Morgan fingerprint density at radius 3 is 2.67 bits per heavy atom. The van der Waals surface area contributed by atoms with Crippen molar-refractivity contribution in [3.05, 3.63) is 33.8 Å². The smallest absolute Gasteiger partial charge is 0.0624 e. The van der Waals surface area contributed by atoms with Gasteiger partial charge >= 0.3 is 0 Å². The molecule has 4 heteroatoms. The van der Waals surface area contributed by atoms with E-state index in [1.807, 2.05) is 0 Å². The molecule has 0 fully saturated rings. The minimum Gasteiger partial charge on any atom is -0.394 e. The van der Waals surface area contributed by atoms with Crippen molar-refractivity contribution < 1.29 is 5.11 Å². The molecule has 0 amide bonds. The molecule has 0 spiro atoms. The summed E-state index contributed by atoms with van der Waals surface area (Å²) in [5, 5.41) is 9.87. The van der Waals surface area contributed by atoms with Crippen LogP contribution in [0.5, 0.6) is 0 Å². The maximum atomic E-state index is 8.78. The molecule has 1 atom stereocenters. The lowest BCUT2D eigenvalue weighted by Gasteiger charge is -2.10. The molecule has 1 rings (SSSR count). The first-order valence-electron chi connectivity index (χ1n) is 3.46. The predicted molar refractivity (Wildman–Crippen MR) is 50.5 cm³/mol. The Balaban J connectivity index is 3.04. The van der Waals surface area contributed by atoms with E-state index in [4.69, 9.17) is 34.0 Å². The summed E-state index contributed by atoms with van der Waals surface area (Å²) in [6, 6.07) is 4.54. The Kier molecular flexibility index (Phi) is 3.35. The molecule has 0 aliphatic rings. The normalized spacial score (nSPS) is 13.0. The maximum absolute atomic E-state index is 8.78. The molecule has 1 unspecified atom stereocenters. The Morgan fingerprint density at radius 1 is 1.42 bits per heavy atom. The van der Waals surface area contributed by atoms with Gasteiger partial charge in [-0.05, 0) is 23.8 Å². The zero-order chi connectivity index (χ0) is 9.14. The van der Waals surface area contributed by atoms with Gasteiger partial charge in [0.25, 0.3) is 0 Å². The van der Waals surface area contributed by atoms with Crippen molar-refractivity contribution in [1.82, 2.24) is 0 Å². The average molecular weight is 206 g/mol. The van der Waals surface area contributed by atoms with Gasteiger partial charge in [0.05, 0.1) is 12.6 Å². The van der Waals surface area contributed by atoms with E-state index in [-0.39, 0.29) is 6.61 Å². The highest BCUT2D eigenvalue weighted by atomic mass is 35.5. The molecule has 0 aliphatic carbocycles. The minimum atomic E-state index is -0.462. The van der Waals surface area contributed by atoms with Crippen LogP contribution < -0.4 is 5.73 Å². The third kappa shape index (κ3) is 2.11.